The predicted molar refractivity (Wildman–Crippen MR) is 110 cm³/mol. The van der Waals surface area contributed by atoms with Gasteiger partial charge in [0.2, 0.25) is 0 Å². The molecule has 0 unspecified atom stereocenters. The minimum atomic E-state index is -0.715. The fraction of sp³-hybridized carbons (Fsp3) is 0.522. The van der Waals surface area contributed by atoms with E-state index in [4.69, 9.17) is 9.47 Å². The number of ether oxygens (including phenoxy) is 2. The van der Waals surface area contributed by atoms with Crippen molar-refractivity contribution in [2.45, 2.75) is 58.5 Å². The number of nitrogens with one attached hydrogen (secondary N) is 1. The molecule has 1 amide bonds. The molecule has 2 aromatic rings. The first-order valence-corrected chi connectivity index (χ1v) is 10.2. The summed E-state index contributed by atoms with van der Waals surface area (Å²) >= 11 is 0. The molecule has 4 heteroatoms. The van der Waals surface area contributed by atoms with Crippen LogP contribution in [-0.4, -0.2) is 24.7 Å². The molecule has 0 bridgehead atoms. The summed E-state index contributed by atoms with van der Waals surface area (Å²) in [4.78, 5) is 13.3. The van der Waals surface area contributed by atoms with Crippen molar-refractivity contribution in [3.05, 3.63) is 36.4 Å². The third-order valence-electron chi connectivity index (χ3n) is 5.38. The number of hydrogen-bond acceptors (Lipinski definition) is 3. The van der Waals surface area contributed by atoms with Gasteiger partial charge in [0, 0.05) is 23.1 Å². The SMILES string of the molecule is CCCO[C@]1(C(=O)Nc2ccc(OCC)c3ccccc23)CCC[C@@H](C)C1. The monoisotopic (exact) mass is 369 g/mol. The molecule has 1 aliphatic rings. The number of amides is 1. The third kappa shape index (κ3) is 4.27. The van der Waals surface area contributed by atoms with Crippen LogP contribution in [0.25, 0.3) is 10.8 Å². The van der Waals surface area contributed by atoms with Crippen molar-refractivity contribution in [1.82, 2.24) is 0 Å². The van der Waals surface area contributed by atoms with Crippen molar-refractivity contribution < 1.29 is 14.3 Å². The topological polar surface area (TPSA) is 47.6 Å². The first kappa shape index (κ1) is 19.7. The van der Waals surface area contributed by atoms with Crippen LogP contribution in [0.5, 0.6) is 5.75 Å². The fourth-order valence-electron chi connectivity index (χ4n) is 4.10. The van der Waals surface area contributed by atoms with Crippen LogP contribution in [0.4, 0.5) is 5.69 Å². The zero-order chi connectivity index (χ0) is 19.3. The van der Waals surface area contributed by atoms with Gasteiger partial charge in [0.25, 0.3) is 5.91 Å². The Morgan fingerprint density at radius 1 is 1.19 bits per heavy atom. The molecule has 0 heterocycles. The minimum Gasteiger partial charge on any atom is -0.493 e. The van der Waals surface area contributed by atoms with Gasteiger partial charge in [-0.15, -0.1) is 0 Å². The first-order chi connectivity index (χ1) is 13.1. The third-order valence-corrected chi connectivity index (χ3v) is 5.38. The van der Waals surface area contributed by atoms with Crippen molar-refractivity contribution in [3.63, 3.8) is 0 Å². The van der Waals surface area contributed by atoms with Gasteiger partial charge in [0.15, 0.2) is 0 Å². The highest BCUT2D eigenvalue weighted by atomic mass is 16.5. The molecular formula is C23H31NO3. The first-order valence-electron chi connectivity index (χ1n) is 10.2. The zero-order valence-corrected chi connectivity index (χ0v) is 16.7. The van der Waals surface area contributed by atoms with Crippen molar-refractivity contribution in [1.29, 1.82) is 0 Å². The molecule has 1 saturated carbocycles. The molecule has 0 saturated heterocycles. The maximum atomic E-state index is 13.3. The number of benzene rings is 2. The summed E-state index contributed by atoms with van der Waals surface area (Å²) in [6.07, 6.45) is 4.68. The van der Waals surface area contributed by atoms with E-state index in [1.54, 1.807) is 0 Å². The Morgan fingerprint density at radius 2 is 1.96 bits per heavy atom. The van der Waals surface area contributed by atoms with Crippen LogP contribution in [-0.2, 0) is 9.53 Å². The van der Waals surface area contributed by atoms with Gasteiger partial charge in [0.05, 0.1) is 6.61 Å². The Kier molecular flexibility index (Phi) is 6.38. The van der Waals surface area contributed by atoms with Gasteiger partial charge < -0.3 is 14.8 Å². The van der Waals surface area contributed by atoms with E-state index in [1.807, 2.05) is 43.3 Å². The molecule has 3 rings (SSSR count). The lowest BCUT2D eigenvalue weighted by atomic mass is 9.78. The highest BCUT2D eigenvalue weighted by molar-refractivity contribution is 6.06. The van der Waals surface area contributed by atoms with Crippen LogP contribution >= 0.6 is 0 Å². The van der Waals surface area contributed by atoms with Gasteiger partial charge in [-0.25, -0.2) is 0 Å². The van der Waals surface area contributed by atoms with Crippen LogP contribution in [0, 0.1) is 5.92 Å². The number of carbonyl (C=O) groups excluding carboxylic acids is 1. The van der Waals surface area contributed by atoms with E-state index in [0.717, 1.165) is 54.3 Å². The van der Waals surface area contributed by atoms with E-state index in [2.05, 4.69) is 19.2 Å². The van der Waals surface area contributed by atoms with Gasteiger partial charge >= 0.3 is 0 Å². The number of anilines is 1. The maximum Gasteiger partial charge on any atom is 0.256 e. The average Bonchev–Trinajstić information content (AvgIpc) is 2.68. The second-order valence-electron chi connectivity index (χ2n) is 7.59. The highest BCUT2D eigenvalue weighted by Gasteiger charge is 2.42. The van der Waals surface area contributed by atoms with Crippen molar-refractivity contribution in [2.75, 3.05) is 18.5 Å². The normalized spacial score (nSPS) is 22.6. The lowest BCUT2D eigenvalue weighted by Crippen LogP contribution is -2.48. The fourth-order valence-corrected chi connectivity index (χ4v) is 4.10. The lowest BCUT2D eigenvalue weighted by Gasteiger charge is -2.38. The summed E-state index contributed by atoms with van der Waals surface area (Å²) in [5.74, 6) is 1.32. The van der Waals surface area contributed by atoms with Crippen LogP contribution in [0.15, 0.2) is 36.4 Å². The maximum absolute atomic E-state index is 13.3. The van der Waals surface area contributed by atoms with Crippen LogP contribution in [0.1, 0.15) is 52.9 Å². The average molecular weight is 370 g/mol. The van der Waals surface area contributed by atoms with Crippen LogP contribution < -0.4 is 10.1 Å². The van der Waals surface area contributed by atoms with E-state index in [0.29, 0.717) is 19.1 Å². The summed E-state index contributed by atoms with van der Waals surface area (Å²) in [6.45, 7) is 7.50. The van der Waals surface area contributed by atoms with Crippen molar-refractivity contribution in [2.24, 2.45) is 5.92 Å². The van der Waals surface area contributed by atoms with Gasteiger partial charge in [0.1, 0.15) is 11.4 Å². The number of rotatable bonds is 7. The summed E-state index contributed by atoms with van der Waals surface area (Å²) in [5, 5.41) is 5.18. The van der Waals surface area contributed by atoms with Gasteiger partial charge in [-0.1, -0.05) is 44.5 Å². The molecule has 2 atom stereocenters. The number of hydrogen-bond donors (Lipinski definition) is 1. The molecule has 1 aliphatic carbocycles. The second kappa shape index (κ2) is 8.75. The molecule has 2 aromatic carbocycles. The summed E-state index contributed by atoms with van der Waals surface area (Å²) in [6, 6.07) is 11.9. The van der Waals surface area contributed by atoms with Crippen molar-refractivity contribution in [3.8, 4) is 5.75 Å². The van der Waals surface area contributed by atoms with Crippen molar-refractivity contribution >= 4 is 22.4 Å². The second-order valence-corrected chi connectivity index (χ2v) is 7.59. The molecule has 0 radical (unpaired) electrons. The molecule has 0 aliphatic heterocycles. The summed E-state index contributed by atoms with van der Waals surface area (Å²) < 4.78 is 11.9. The van der Waals surface area contributed by atoms with E-state index in [9.17, 15) is 4.79 Å². The Labute approximate surface area is 162 Å². The molecule has 0 spiro atoms. The Morgan fingerprint density at radius 3 is 2.67 bits per heavy atom. The molecule has 4 nitrogen and oxygen atoms in total. The highest BCUT2D eigenvalue weighted by Crippen LogP contribution is 2.38. The van der Waals surface area contributed by atoms with Gasteiger partial charge in [-0.3, -0.25) is 4.79 Å². The van der Waals surface area contributed by atoms with E-state index < -0.39 is 5.60 Å². The predicted octanol–water partition coefficient (Wildman–Crippen LogP) is 5.55. The summed E-state index contributed by atoms with van der Waals surface area (Å²) in [5.41, 5.74) is 0.102. The van der Waals surface area contributed by atoms with Crippen LogP contribution in [0.3, 0.4) is 0 Å². The Balaban J connectivity index is 1.91. The molecular weight excluding hydrogens is 338 g/mol. The molecule has 146 valence electrons. The lowest BCUT2D eigenvalue weighted by molar-refractivity contribution is -0.148. The number of fused-ring (bicyclic) bond motifs is 1. The quantitative estimate of drug-likeness (QED) is 0.696. The smallest absolute Gasteiger partial charge is 0.256 e. The zero-order valence-electron chi connectivity index (χ0n) is 16.7. The van der Waals surface area contributed by atoms with E-state index in [-0.39, 0.29) is 5.91 Å². The van der Waals surface area contributed by atoms with Gasteiger partial charge in [-0.2, -0.15) is 0 Å². The Bertz CT molecular complexity index is 788. The largest absolute Gasteiger partial charge is 0.493 e. The standard InChI is InChI=1S/C23H31NO3/c1-4-15-27-23(14-8-9-17(3)16-23)22(25)24-20-12-13-21(26-5-2)19-11-7-6-10-18(19)20/h6-7,10-13,17H,4-5,8-9,14-16H2,1-3H3,(H,24,25)/t17-,23-/m1/s1. The van der Waals surface area contributed by atoms with E-state index in [1.165, 1.54) is 0 Å². The molecule has 27 heavy (non-hydrogen) atoms. The Hall–Kier alpha value is -2.07. The van der Waals surface area contributed by atoms with Crippen LogP contribution in [0.2, 0.25) is 0 Å². The summed E-state index contributed by atoms with van der Waals surface area (Å²) in [7, 11) is 0. The molecule has 0 aromatic heterocycles. The molecule has 1 fully saturated rings. The minimum absolute atomic E-state index is 0.0168. The van der Waals surface area contributed by atoms with Gasteiger partial charge in [-0.05, 0) is 50.7 Å². The molecule has 1 N–H and O–H groups in total. The number of carbonyl (C=O) groups is 1. The van der Waals surface area contributed by atoms with E-state index >= 15 is 0 Å².